The first-order valence-corrected chi connectivity index (χ1v) is 14.1. The molecule has 11 atom stereocenters. The van der Waals surface area contributed by atoms with E-state index in [-0.39, 0.29) is 40.2 Å². The fraction of sp³-hybridized carbons (Fsp3) is 0.900. The van der Waals surface area contributed by atoms with E-state index >= 15 is 0 Å². The number of carbonyl (C=O) groups is 1. The van der Waals surface area contributed by atoms with Gasteiger partial charge in [-0.2, -0.15) is 0 Å². The van der Waals surface area contributed by atoms with E-state index < -0.39 is 11.4 Å². The maximum atomic E-state index is 12.8. The Hall–Kier alpha value is -0.870. The summed E-state index contributed by atoms with van der Waals surface area (Å²) in [6, 6.07) is 0.0764. The summed E-state index contributed by atoms with van der Waals surface area (Å²) in [5.41, 5.74) is 7.63. The van der Waals surface area contributed by atoms with E-state index in [1.54, 1.807) is 0 Å². The highest BCUT2D eigenvalue weighted by molar-refractivity contribution is 5.76. The van der Waals surface area contributed by atoms with Crippen LogP contribution in [0.4, 0.5) is 0 Å². The molecule has 0 aromatic carbocycles. The molecule has 0 heterocycles. The number of carboxylic acids is 1. The van der Waals surface area contributed by atoms with Gasteiger partial charge in [0, 0.05) is 11.5 Å². The van der Waals surface area contributed by atoms with Crippen LogP contribution in [0.1, 0.15) is 98.8 Å². The second kappa shape index (κ2) is 7.57. The van der Waals surface area contributed by atoms with Crippen LogP contribution in [-0.2, 0) is 4.79 Å². The molecule has 2 unspecified atom stereocenters. The van der Waals surface area contributed by atoms with Crippen molar-refractivity contribution in [1.82, 2.24) is 0 Å². The molecule has 0 radical (unpaired) electrons. The number of allylic oxidation sites excluding steroid dienone is 1. The normalized spacial score (nSPS) is 56.6. The van der Waals surface area contributed by atoms with Crippen LogP contribution in [0.15, 0.2) is 12.2 Å². The van der Waals surface area contributed by atoms with Crippen LogP contribution in [0.5, 0.6) is 0 Å². The molecule has 0 bridgehead atoms. The summed E-state index contributed by atoms with van der Waals surface area (Å²) in [5.74, 6) is 1.55. The summed E-state index contributed by atoms with van der Waals surface area (Å²) in [7, 11) is 0. The second-order valence-corrected chi connectivity index (χ2v) is 14.5. The minimum absolute atomic E-state index is 0.0764. The first-order valence-electron chi connectivity index (χ1n) is 14.1. The zero-order valence-corrected chi connectivity index (χ0v) is 22.3. The van der Waals surface area contributed by atoms with Gasteiger partial charge in [0.05, 0.1) is 12.0 Å². The van der Waals surface area contributed by atoms with Gasteiger partial charge in [-0.1, -0.05) is 39.8 Å². The van der Waals surface area contributed by atoms with E-state index in [4.69, 9.17) is 5.73 Å². The molecule has 0 aliphatic heterocycles. The highest BCUT2D eigenvalue weighted by atomic mass is 16.4. The number of hydrogen-bond donors (Lipinski definition) is 3. The van der Waals surface area contributed by atoms with Crippen LogP contribution in [0, 0.1) is 56.7 Å². The lowest BCUT2D eigenvalue weighted by Gasteiger charge is -2.73. The van der Waals surface area contributed by atoms with Crippen molar-refractivity contribution in [2.24, 2.45) is 62.4 Å². The predicted molar refractivity (Wildman–Crippen MR) is 136 cm³/mol. The number of fused-ring (bicyclic) bond motifs is 7. The van der Waals surface area contributed by atoms with Crippen molar-refractivity contribution in [3.05, 3.63) is 12.2 Å². The molecule has 5 aliphatic carbocycles. The topological polar surface area (TPSA) is 83.5 Å². The Kier molecular flexibility index (Phi) is 5.52. The number of carboxylic acid groups (broad SMARTS) is 1. The van der Waals surface area contributed by atoms with E-state index in [0.717, 1.165) is 51.4 Å². The Morgan fingerprint density at radius 2 is 1.62 bits per heavy atom. The van der Waals surface area contributed by atoms with Gasteiger partial charge in [-0.3, -0.25) is 4.79 Å². The van der Waals surface area contributed by atoms with Crippen LogP contribution in [0.2, 0.25) is 0 Å². The highest BCUT2D eigenvalue weighted by Gasteiger charge is 2.72. The van der Waals surface area contributed by atoms with Gasteiger partial charge in [0.15, 0.2) is 0 Å². The monoisotopic (exact) mass is 471 g/mol. The van der Waals surface area contributed by atoms with Gasteiger partial charge in [-0.25, -0.2) is 0 Å². The van der Waals surface area contributed by atoms with E-state index in [1.165, 1.54) is 18.4 Å². The molecular formula is C30H49NO3. The quantitative estimate of drug-likeness (QED) is 0.439. The standard InChI is InChI=1S/C30H49NO3/c1-18(2)19-9-14-30(25(33)34)16-15-28(5)20(24(19)30)7-8-22-26(3)12-11-23(31)27(4,17-32)21(26)10-13-29(22,28)6/h19-24,32H,1,7-17,31H2,2-6H3,(H,33,34)/t19-,20+,21+,22+,23?,24+,26-,27?,28+,29+,30-/m0/s1. The maximum Gasteiger partial charge on any atom is 0.309 e. The molecule has 192 valence electrons. The lowest BCUT2D eigenvalue weighted by atomic mass is 9.32. The molecule has 4 N–H and O–H groups in total. The maximum absolute atomic E-state index is 12.8. The summed E-state index contributed by atoms with van der Waals surface area (Å²) >= 11 is 0. The summed E-state index contributed by atoms with van der Waals surface area (Å²) in [5, 5.41) is 21.0. The number of aliphatic hydroxyl groups is 1. The zero-order chi connectivity index (χ0) is 24.9. The average Bonchev–Trinajstić information content (AvgIpc) is 3.18. The lowest BCUT2D eigenvalue weighted by Crippen LogP contribution is -2.68. The number of rotatable bonds is 3. The van der Waals surface area contributed by atoms with E-state index in [1.807, 2.05) is 0 Å². The third-order valence-corrected chi connectivity index (χ3v) is 13.7. The Balaban J connectivity index is 1.56. The van der Waals surface area contributed by atoms with Crippen LogP contribution in [0.3, 0.4) is 0 Å². The third kappa shape index (κ3) is 2.76. The van der Waals surface area contributed by atoms with Gasteiger partial charge in [-0.15, -0.1) is 0 Å². The summed E-state index contributed by atoms with van der Waals surface area (Å²) in [6.45, 7) is 16.6. The highest BCUT2D eigenvalue weighted by Crippen LogP contribution is 2.77. The van der Waals surface area contributed by atoms with Crippen molar-refractivity contribution in [3.8, 4) is 0 Å². The summed E-state index contributed by atoms with van der Waals surface area (Å²) < 4.78 is 0. The largest absolute Gasteiger partial charge is 0.481 e. The summed E-state index contributed by atoms with van der Waals surface area (Å²) in [4.78, 5) is 12.8. The smallest absolute Gasteiger partial charge is 0.309 e. The van der Waals surface area contributed by atoms with Crippen LogP contribution in [-0.4, -0.2) is 28.8 Å². The molecule has 5 fully saturated rings. The number of aliphatic carboxylic acids is 1. The molecule has 5 saturated carbocycles. The van der Waals surface area contributed by atoms with Crippen molar-refractivity contribution in [1.29, 1.82) is 0 Å². The Labute approximate surface area is 207 Å². The first-order chi connectivity index (χ1) is 15.8. The average molecular weight is 472 g/mol. The molecule has 0 saturated heterocycles. The van der Waals surface area contributed by atoms with E-state index in [9.17, 15) is 15.0 Å². The molecule has 5 aliphatic rings. The van der Waals surface area contributed by atoms with E-state index in [2.05, 4.69) is 41.2 Å². The fourth-order valence-electron chi connectivity index (χ4n) is 11.6. The molecule has 0 amide bonds. The van der Waals surface area contributed by atoms with Crippen LogP contribution >= 0.6 is 0 Å². The second-order valence-electron chi connectivity index (χ2n) is 14.5. The summed E-state index contributed by atoms with van der Waals surface area (Å²) in [6.07, 6.45) is 10.5. The predicted octanol–water partition coefficient (Wildman–Crippen LogP) is 6.03. The molecule has 0 aromatic rings. The van der Waals surface area contributed by atoms with Crippen molar-refractivity contribution in [2.75, 3.05) is 6.61 Å². The Bertz CT molecular complexity index is 886. The van der Waals surface area contributed by atoms with E-state index in [0.29, 0.717) is 23.7 Å². The van der Waals surface area contributed by atoms with Crippen LogP contribution < -0.4 is 5.73 Å². The minimum atomic E-state index is -0.550. The van der Waals surface area contributed by atoms with Gasteiger partial charge in [-0.05, 0) is 117 Å². The molecule has 4 nitrogen and oxygen atoms in total. The third-order valence-electron chi connectivity index (χ3n) is 13.7. The van der Waals surface area contributed by atoms with Gasteiger partial charge < -0.3 is 15.9 Å². The van der Waals surface area contributed by atoms with Gasteiger partial charge >= 0.3 is 5.97 Å². The molecule has 4 heteroatoms. The fourth-order valence-corrected chi connectivity index (χ4v) is 11.6. The SMILES string of the molecule is C=C(C)[C@@H]1CC[C@]2(C(=O)O)CC[C@]3(C)[C@H](CC[C@@H]4[C@@]5(C)CCC(N)C(C)(CO)[C@@H]5CC[C@]43C)[C@@H]12. The van der Waals surface area contributed by atoms with Crippen molar-refractivity contribution in [2.45, 2.75) is 105 Å². The van der Waals surface area contributed by atoms with Crippen molar-refractivity contribution >= 4 is 5.97 Å². The minimum Gasteiger partial charge on any atom is -0.481 e. The number of hydrogen-bond acceptors (Lipinski definition) is 3. The van der Waals surface area contributed by atoms with Gasteiger partial charge in [0.25, 0.3) is 0 Å². The van der Waals surface area contributed by atoms with Gasteiger partial charge in [0.1, 0.15) is 0 Å². The number of nitrogens with two attached hydrogens (primary N) is 1. The molecule has 34 heavy (non-hydrogen) atoms. The van der Waals surface area contributed by atoms with Crippen molar-refractivity contribution < 1.29 is 15.0 Å². The van der Waals surface area contributed by atoms with Gasteiger partial charge in [0.2, 0.25) is 0 Å². The zero-order valence-electron chi connectivity index (χ0n) is 22.3. The number of aliphatic hydroxyl groups excluding tert-OH is 1. The first kappa shape index (κ1) is 24.8. The molecular weight excluding hydrogens is 422 g/mol. The molecule has 5 rings (SSSR count). The van der Waals surface area contributed by atoms with Crippen molar-refractivity contribution in [3.63, 3.8) is 0 Å². The molecule has 0 spiro atoms. The Morgan fingerprint density at radius 1 is 0.912 bits per heavy atom. The van der Waals surface area contributed by atoms with Crippen LogP contribution in [0.25, 0.3) is 0 Å². The lowest BCUT2D eigenvalue weighted by molar-refractivity contribution is -0.243. The molecule has 0 aromatic heterocycles. The Morgan fingerprint density at radius 3 is 2.24 bits per heavy atom.